The molecule has 0 aromatic heterocycles. The van der Waals surface area contributed by atoms with E-state index in [0.717, 1.165) is 47.7 Å². The normalized spacial score (nSPS) is 16.1. The summed E-state index contributed by atoms with van der Waals surface area (Å²) in [4.78, 5) is 6.71. The van der Waals surface area contributed by atoms with Crippen LogP contribution in [0.15, 0.2) is 23.2 Å². The van der Waals surface area contributed by atoms with Gasteiger partial charge >= 0.3 is 0 Å². The summed E-state index contributed by atoms with van der Waals surface area (Å²) < 4.78 is 5.18. The Hall–Kier alpha value is -0.730. The predicted molar refractivity (Wildman–Crippen MR) is 121 cm³/mol. The van der Waals surface area contributed by atoms with Gasteiger partial charge in [0.05, 0.1) is 7.11 Å². The fourth-order valence-electron chi connectivity index (χ4n) is 3.14. The van der Waals surface area contributed by atoms with Gasteiger partial charge in [0.1, 0.15) is 5.75 Å². The van der Waals surface area contributed by atoms with Crippen LogP contribution in [0, 0.1) is 5.92 Å². The fourth-order valence-corrected chi connectivity index (χ4v) is 3.40. The van der Waals surface area contributed by atoms with Crippen LogP contribution in [0.1, 0.15) is 24.8 Å². The maximum Gasteiger partial charge on any atom is 0.190 e. The number of benzene rings is 1. The number of piperidine rings is 1. The summed E-state index contributed by atoms with van der Waals surface area (Å²) in [7, 11) is 5.66. The molecule has 1 aromatic carbocycles. The summed E-state index contributed by atoms with van der Waals surface area (Å²) in [6.07, 6.45) is 4.66. The number of rotatable bonds is 7. The first-order valence-corrected chi connectivity index (χ1v) is 9.45. The third-order valence-electron chi connectivity index (χ3n) is 4.85. The van der Waals surface area contributed by atoms with Crippen molar-refractivity contribution in [3.8, 4) is 5.75 Å². The van der Waals surface area contributed by atoms with Crippen LogP contribution in [0.25, 0.3) is 0 Å². The van der Waals surface area contributed by atoms with Crippen molar-refractivity contribution in [2.24, 2.45) is 10.9 Å². The van der Waals surface area contributed by atoms with Crippen LogP contribution in [0.2, 0.25) is 5.02 Å². The van der Waals surface area contributed by atoms with E-state index in [1.807, 2.05) is 25.2 Å². The molecule has 1 aliphatic heterocycles. The van der Waals surface area contributed by atoms with Crippen molar-refractivity contribution in [2.45, 2.75) is 25.7 Å². The molecular formula is C19H32ClIN4O. The van der Waals surface area contributed by atoms with Gasteiger partial charge in [0.15, 0.2) is 5.96 Å². The van der Waals surface area contributed by atoms with Crippen LogP contribution in [-0.4, -0.2) is 58.2 Å². The van der Waals surface area contributed by atoms with Gasteiger partial charge in [-0.05, 0) is 69.4 Å². The van der Waals surface area contributed by atoms with Gasteiger partial charge in [-0.15, -0.1) is 24.0 Å². The van der Waals surface area contributed by atoms with E-state index in [1.165, 1.54) is 32.4 Å². The SMILES string of the molecule is CN=C(NCCc1ccc(OC)cc1Cl)NCCC1CCN(C)CC1.I. The Morgan fingerprint density at radius 3 is 2.58 bits per heavy atom. The smallest absolute Gasteiger partial charge is 0.190 e. The van der Waals surface area contributed by atoms with Crippen molar-refractivity contribution in [3.05, 3.63) is 28.8 Å². The standard InChI is InChI=1S/C19H31ClN4O.HI/c1-21-19(22-10-6-15-8-12-24(2)13-9-15)23-11-7-16-4-5-17(25-3)14-18(16)20;/h4-5,14-15H,6-13H2,1-3H3,(H2,21,22,23);1H. The Morgan fingerprint density at radius 1 is 1.27 bits per heavy atom. The average Bonchev–Trinajstić information content (AvgIpc) is 2.63. The van der Waals surface area contributed by atoms with Crippen molar-refractivity contribution >= 4 is 41.5 Å². The molecule has 148 valence electrons. The minimum absolute atomic E-state index is 0. The van der Waals surface area contributed by atoms with Crippen molar-refractivity contribution in [3.63, 3.8) is 0 Å². The maximum atomic E-state index is 6.28. The molecule has 1 aromatic rings. The topological polar surface area (TPSA) is 48.9 Å². The fraction of sp³-hybridized carbons (Fsp3) is 0.632. The molecule has 0 aliphatic carbocycles. The van der Waals surface area contributed by atoms with Crippen LogP contribution >= 0.6 is 35.6 Å². The number of guanidine groups is 1. The summed E-state index contributed by atoms with van der Waals surface area (Å²) in [5, 5.41) is 7.52. The molecule has 0 bridgehead atoms. The van der Waals surface area contributed by atoms with Gasteiger partial charge in [-0.25, -0.2) is 0 Å². The number of aliphatic imine (C=N–C) groups is 1. The lowest BCUT2D eigenvalue weighted by molar-refractivity contribution is 0.213. The highest BCUT2D eigenvalue weighted by molar-refractivity contribution is 14.0. The molecular weight excluding hydrogens is 463 g/mol. The second-order valence-electron chi connectivity index (χ2n) is 6.67. The first-order valence-electron chi connectivity index (χ1n) is 9.08. The van der Waals surface area contributed by atoms with Gasteiger partial charge in [0.25, 0.3) is 0 Å². The molecule has 5 nitrogen and oxygen atoms in total. The molecule has 0 atom stereocenters. The third kappa shape index (κ3) is 7.88. The number of methoxy groups -OCH3 is 1. The second-order valence-corrected chi connectivity index (χ2v) is 7.08. The van der Waals surface area contributed by atoms with E-state index in [4.69, 9.17) is 16.3 Å². The molecule has 1 heterocycles. The van der Waals surface area contributed by atoms with Gasteiger partial charge in [-0.2, -0.15) is 0 Å². The van der Waals surface area contributed by atoms with Gasteiger partial charge in [0.2, 0.25) is 0 Å². The Kier molecular flexibility index (Phi) is 11.3. The van der Waals surface area contributed by atoms with Gasteiger partial charge in [0, 0.05) is 25.2 Å². The van der Waals surface area contributed by atoms with Gasteiger partial charge < -0.3 is 20.3 Å². The van der Waals surface area contributed by atoms with E-state index >= 15 is 0 Å². The number of ether oxygens (including phenoxy) is 1. The van der Waals surface area contributed by atoms with E-state index < -0.39 is 0 Å². The third-order valence-corrected chi connectivity index (χ3v) is 5.21. The lowest BCUT2D eigenvalue weighted by Gasteiger charge is -2.29. The van der Waals surface area contributed by atoms with Crippen LogP contribution in [0.4, 0.5) is 0 Å². The van der Waals surface area contributed by atoms with E-state index in [0.29, 0.717) is 0 Å². The Balaban J connectivity index is 0.00000338. The van der Waals surface area contributed by atoms with Crippen molar-refractivity contribution in [1.82, 2.24) is 15.5 Å². The highest BCUT2D eigenvalue weighted by Crippen LogP contribution is 2.22. The molecule has 26 heavy (non-hydrogen) atoms. The number of halogens is 2. The van der Waals surface area contributed by atoms with Crippen LogP contribution in [-0.2, 0) is 6.42 Å². The van der Waals surface area contributed by atoms with Crippen molar-refractivity contribution in [2.75, 3.05) is 47.4 Å². The second kappa shape index (κ2) is 12.6. The molecule has 0 radical (unpaired) electrons. The Bertz CT molecular complexity index is 562. The van der Waals surface area contributed by atoms with Crippen LogP contribution in [0.5, 0.6) is 5.75 Å². The molecule has 2 rings (SSSR count). The average molecular weight is 495 g/mol. The highest BCUT2D eigenvalue weighted by Gasteiger charge is 2.16. The molecule has 0 unspecified atom stereocenters. The van der Waals surface area contributed by atoms with Crippen molar-refractivity contribution in [1.29, 1.82) is 0 Å². The molecule has 1 saturated heterocycles. The largest absolute Gasteiger partial charge is 0.497 e. The maximum absolute atomic E-state index is 6.28. The molecule has 0 saturated carbocycles. The first kappa shape index (κ1) is 23.3. The monoisotopic (exact) mass is 494 g/mol. The molecule has 7 heteroatoms. The summed E-state index contributed by atoms with van der Waals surface area (Å²) in [6.45, 7) is 4.21. The zero-order valence-electron chi connectivity index (χ0n) is 16.1. The summed E-state index contributed by atoms with van der Waals surface area (Å²) >= 11 is 6.28. The molecule has 0 amide bonds. The molecule has 0 spiro atoms. The quantitative estimate of drug-likeness (QED) is 0.347. The van der Waals surface area contributed by atoms with Crippen molar-refractivity contribution < 1.29 is 4.74 Å². The summed E-state index contributed by atoms with van der Waals surface area (Å²) in [6, 6.07) is 5.81. The van der Waals surface area contributed by atoms with E-state index in [-0.39, 0.29) is 24.0 Å². The molecule has 1 aliphatic rings. The zero-order valence-corrected chi connectivity index (χ0v) is 19.1. The molecule has 2 N–H and O–H groups in total. The van der Waals surface area contributed by atoms with Gasteiger partial charge in [-0.1, -0.05) is 17.7 Å². The predicted octanol–water partition coefficient (Wildman–Crippen LogP) is 3.41. The lowest BCUT2D eigenvalue weighted by Crippen LogP contribution is -2.39. The summed E-state index contributed by atoms with van der Waals surface area (Å²) in [5.41, 5.74) is 1.11. The number of hydrogen-bond donors (Lipinski definition) is 2. The Labute approximate surface area is 179 Å². The summed E-state index contributed by atoms with van der Waals surface area (Å²) in [5.74, 6) is 2.48. The minimum atomic E-state index is 0. The number of nitrogens with one attached hydrogen (secondary N) is 2. The molecule has 1 fully saturated rings. The number of hydrogen-bond acceptors (Lipinski definition) is 3. The van der Waals surface area contributed by atoms with Gasteiger partial charge in [-0.3, -0.25) is 4.99 Å². The minimum Gasteiger partial charge on any atom is -0.497 e. The number of nitrogens with zero attached hydrogens (tertiary/aromatic N) is 2. The number of likely N-dealkylation sites (tertiary alicyclic amines) is 1. The van der Waals surface area contributed by atoms with Crippen LogP contribution < -0.4 is 15.4 Å². The van der Waals surface area contributed by atoms with E-state index in [9.17, 15) is 0 Å². The first-order chi connectivity index (χ1) is 12.1. The van der Waals surface area contributed by atoms with Crippen LogP contribution in [0.3, 0.4) is 0 Å². The zero-order chi connectivity index (χ0) is 18.1. The Morgan fingerprint density at radius 2 is 1.96 bits per heavy atom. The highest BCUT2D eigenvalue weighted by atomic mass is 127. The lowest BCUT2D eigenvalue weighted by atomic mass is 9.94. The van der Waals surface area contributed by atoms with E-state index in [2.05, 4.69) is 27.6 Å². The van der Waals surface area contributed by atoms with E-state index in [1.54, 1.807) is 7.11 Å².